The molecule has 0 atom stereocenters. The number of para-hydroxylation sites is 1. The molecule has 100 valence electrons. The second kappa shape index (κ2) is 6.87. The molecule has 0 unspecified atom stereocenters. The van der Waals surface area contributed by atoms with Crippen molar-refractivity contribution in [1.82, 2.24) is 0 Å². The highest BCUT2D eigenvalue weighted by atomic mass is 79.9. The van der Waals surface area contributed by atoms with Crippen molar-refractivity contribution in [2.45, 2.75) is 0 Å². The summed E-state index contributed by atoms with van der Waals surface area (Å²) in [5.41, 5.74) is 1.58. The third-order valence-corrected chi connectivity index (χ3v) is 3.20. The summed E-state index contributed by atoms with van der Waals surface area (Å²) >= 11 is 3.36. The van der Waals surface area contributed by atoms with Crippen LogP contribution >= 0.6 is 15.9 Å². The molecule has 0 aliphatic heterocycles. The van der Waals surface area contributed by atoms with Gasteiger partial charge in [0.2, 0.25) is 0 Å². The van der Waals surface area contributed by atoms with Crippen LogP contribution in [-0.2, 0) is 4.79 Å². The molecule has 0 aliphatic rings. The van der Waals surface area contributed by atoms with E-state index in [2.05, 4.69) is 15.9 Å². The maximum atomic E-state index is 11.7. The summed E-state index contributed by atoms with van der Waals surface area (Å²) in [5.74, 6) is 0.0320. The third-order valence-electron chi connectivity index (χ3n) is 2.67. The number of allylic oxidation sites excluding steroid dienone is 2. The number of hydrogen-bond acceptors (Lipinski definition) is 2. The Kier molecular flexibility index (Phi) is 4.91. The highest BCUT2D eigenvalue weighted by molar-refractivity contribution is 9.10. The van der Waals surface area contributed by atoms with Crippen LogP contribution in [0.1, 0.15) is 11.1 Å². The van der Waals surface area contributed by atoms with Gasteiger partial charge in [-0.15, -0.1) is 0 Å². The van der Waals surface area contributed by atoms with Gasteiger partial charge in [-0.05, 0) is 42.0 Å². The van der Waals surface area contributed by atoms with Crippen LogP contribution in [0.5, 0.6) is 5.75 Å². The van der Waals surface area contributed by atoms with E-state index in [1.165, 1.54) is 12.2 Å². The molecular weight excluding hydrogens is 316 g/mol. The molecule has 2 aromatic carbocycles. The average molecular weight is 329 g/mol. The number of carbonyl (C=O) groups is 1. The quantitative estimate of drug-likeness (QED) is 0.842. The van der Waals surface area contributed by atoms with Crippen LogP contribution in [0.25, 0.3) is 12.2 Å². The second-order valence-corrected chi connectivity index (χ2v) is 5.10. The van der Waals surface area contributed by atoms with Gasteiger partial charge in [0.1, 0.15) is 5.75 Å². The summed E-state index contributed by atoms with van der Waals surface area (Å²) in [6.07, 6.45) is 6.29. The summed E-state index contributed by atoms with van der Waals surface area (Å²) in [7, 11) is 0. The van der Waals surface area contributed by atoms with Gasteiger partial charge in [-0.1, -0.05) is 52.3 Å². The number of hydrogen-bond donors (Lipinski definition) is 1. The molecule has 0 aliphatic carbocycles. The Labute approximate surface area is 126 Å². The van der Waals surface area contributed by atoms with Gasteiger partial charge >= 0.3 is 0 Å². The summed E-state index contributed by atoms with van der Waals surface area (Å²) in [6.45, 7) is 0. The predicted molar refractivity (Wildman–Crippen MR) is 85.3 cm³/mol. The van der Waals surface area contributed by atoms with Gasteiger partial charge in [0, 0.05) is 10.0 Å². The van der Waals surface area contributed by atoms with E-state index in [1.807, 2.05) is 30.3 Å². The molecule has 1 N–H and O–H groups in total. The van der Waals surface area contributed by atoms with Gasteiger partial charge < -0.3 is 5.11 Å². The zero-order valence-electron chi connectivity index (χ0n) is 10.7. The first-order valence-electron chi connectivity index (χ1n) is 6.09. The molecule has 2 rings (SSSR count). The molecule has 0 spiro atoms. The van der Waals surface area contributed by atoms with E-state index in [1.54, 1.807) is 30.4 Å². The standard InChI is InChI=1S/C17H13BrO2/c18-15-9-5-13(6-10-15)7-11-16(19)12-8-14-3-1-2-4-17(14)20/h1-12,20H. The van der Waals surface area contributed by atoms with Gasteiger partial charge in [0.05, 0.1) is 0 Å². The highest BCUT2D eigenvalue weighted by Crippen LogP contribution is 2.17. The molecular formula is C17H13BrO2. The zero-order chi connectivity index (χ0) is 14.4. The smallest absolute Gasteiger partial charge is 0.178 e. The van der Waals surface area contributed by atoms with Crippen LogP contribution in [0.3, 0.4) is 0 Å². The minimum Gasteiger partial charge on any atom is -0.507 e. The molecule has 0 aromatic heterocycles. The molecule has 2 aromatic rings. The fraction of sp³-hybridized carbons (Fsp3) is 0. The van der Waals surface area contributed by atoms with Crippen molar-refractivity contribution in [2.75, 3.05) is 0 Å². The molecule has 0 amide bonds. The average Bonchev–Trinajstić information content (AvgIpc) is 2.46. The van der Waals surface area contributed by atoms with E-state index in [-0.39, 0.29) is 11.5 Å². The minimum absolute atomic E-state index is 0.129. The molecule has 0 saturated carbocycles. The summed E-state index contributed by atoms with van der Waals surface area (Å²) < 4.78 is 1.00. The van der Waals surface area contributed by atoms with Crippen molar-refractivity contribution in [3.05, 3.63) is 76.3 Å². The predicted octanol–water partition coefficient (Wildman–Crippen LogP) is 4.45. The van der Waals surface area contributed by atoms with E-state index in [0.29, 0.717) is 5.56 Å². The lowest BCUT2D eigenvalue weighted by Gasteiger charge is -1.96. The molecule has 0 saturated heterocycles. The van der Waals surface area contributed by atoms with Gasteiger partial charge in [0.25, 0.3) is 0 Å². The first-order valence-corrected chi connectivity index (χ1v) is 6.88. The van der Waals surface area contributed by atoms with E-state index in [9.17, 15) is 9.90 Å². The monoisotopic (exact) mass is 328 g/mol. The number of rotatable bonds is 4. The Balaban J connectivity index is 2.02. The van der Waals surface area contributed by atoms with Crippen LogP contribution in [0.4, 0.5) is 0 Å². The minimum atomic E-state index is -0.129. The van der Waals surface area contributed by atoms with Gasteiger partial charge in [0.15, 0.2) is 5.78 Å². The molecule has 0 fully saturated rings. The lowest BCUT2D eigenvalue weighted by atomic mass is 10.1. The van der Waals surface area contributed by atoms with Crippen LogP contribution < -0.4 is 0 Å². The van der Waals surface area contributed by atoms with Gasteiger partial charge in [-0.25, -0.2) is 0 Å². The van der Waals surface area contributed by atoms with Crippen molar-refractivity contribution in [3.63, 3.8) is 0 Å². The maximum Gasteiger partial charge on any atom is 0.178 e. The highest BCUT2D eigenvalue weighted by Gasteiger charge is 1.95. The Morgan fingerprint density at radius 1 is 0.950 bits per heavy atom. The normalized spacial score (nSPS) is 11.2. The Morgan fingerprint density at radius 2 is 1.60 bits per heavy atom. The summed E-state index contributed by atoms with van der Waals surface area (Å²) in [6, 6.07) is 14.5. The summed E-state index contributed by atoms with van der Waals surface area (Å²) in [5, 5.41) is 9.57. The Hall–Kier alpha value is -2.13. The van der Waals surface area contributed by atoms with Gasteiger partial charge in [-0.2, -0.15) is 0 Å². The Bertz CT molecular complexity index is 655. The maximum absolute atomic E-state index is 11.7. The fourth-order valence-corrected chi connectivity index (χ4v) is 1.87. The number of phenols is 1. The van der Waals surface area contributed by atoms with E-state index < -0.39 is 0 Å². The van der Waals surface area contributed by atoms with Crippen LogP contribution in [-0.4, -0.2) is 10.9 Å². The second-order valence-electron chi connectivity index (χ2n) is 4.18. The van der Waals surface area contributed by atoms with Crippen LogP contribution in [0.15, 0.2) is 65.2 Å². The first-order chi connectivity index (χ1) is 9.65. The van der Waals surface area contributed by atoms with Crippen molar-refractivity contribution < 1.29 is 9.90 Å². The molecule has 0 heterocycles. The number of carbonyl (C=O) groups excluding carboxylic acids is 1. The fourth-order valence-electron chi connectivity index (χ4n) is 1.61. The lowest BCUT2D eigenvalue weighted by Crippen LogP contribution is -1.85. The van der Waals surface area contributed by atoms with Crippen LogP contribution in [0.2, 0.25) is 0 Å². The van der Waals surface area contributed by atoms with Crippen molar-refractivity contribution in [2.24, 2.45) is 0 Å². The largest absolute Gasteiger partial charge is 0.507 e. The molecule has 3 heteroatoms. The van der Waals surface area contributed by atoms with E-state index in [4.69, 9.17) is 0 Å². The number of ketones is 1. The lowest BCUT2D eigenvalue weighted by molar-refractivity contribution is -0.110. The van der Waals surface area contributed by atoms with Crippen molar-refractivity contribution >= 4 is 33.9 Å². The van der Waals surface area contributed by atoms with E-state index in [0.717, 1.165) is 10.0 Å². The van der Waals surface area contributed by atoms with Crippen molar-refractivity contribution in [1.29, 1.82) is 0 Å². The SMILES string of the molecule is O=C(C=Cc1ccc(Br)cc1)C=Cc1ccccc1O. The topological polar surface area (TPSA) is 37.3 Å². The van der Waals surface area contributed by atoms with E-state index >= 15 is 0 Å². The molecule has 2 nitrogen and oxygen atoms in total. The number of aromatic hydroxyl groups is 1. The number of benzene rings is 2. The molecule has 0 radical (unpaired) electrons. The number of phenolic OH excluding ortho intramolecular Hbond substituents is 1. The first kappa shape index (κ1) is 14.3. The summed E-state index contributed by atoms with van der Waals surface area (Å²) in [4.78, 5) is 11.7. The molecule has 20 heavy (non-hydrogen) atoms. The van der Waals surface area contributed by atoms with Gasteiger partial charge in [-0.3, -0.25) is 4.79 Å². The molecule has 0 bridgehead atoms. The van der Waals surface area contributed by atoms with Crippen LogP contribution in [0, 0.1) is 0 Å². The number of halogens is 1. The zero-order valence-corrected chi connectivity index (χ0v) is 12.2. The van der Waals surface area contributed by atoms with Crippen molar-refractivity contribution in [3.8, 4) is 5.75 Å². The third kappa shape index (κ3) is 4.21. The Morgan fingerprint density at radius 3 is 2.30 bits per heavy atom.